The Labute approximate surface area is 188 Å². The van der Waals surface area contributed by atoms with Gasteiger partial charge in [-0.15, -0.1) is 0 Å². The number of halogens is 5. The minimum atomic E-state index is -4.89. The van der Waals surface area contributed by atoms with Crippen LogP contribution >= 0.6 is 0 Å². The zero-order valence-corrected chi connectivity index (χ0v) is 17.7. The molecular weight excluding hydrogens is 469 g/mol. The maximum atomic E-state index is 14.3. The van der Waals surface area contributed by atoms with Gasteiger partial charge in [0.25, 0.3) is 0 Å². The van der Waals surface area contributed by atoms with Gasteiger partial charge in [0, 0.05) is 19.7 Å². The average molecular weight is 487 g/mol. The number of aromatic nitrogens is 3. The van der Waals surface area contributed by atoms with Gasteiger partial charge < -0.3 is 24.7 Å². The van der Waals surface area contributed by atoms with Crippen LogP contribution in [0.5, 0.6) is 5.75 Å². The third-order valence-electron chi connectivity index (χ3n) is 5.78. The van der Waals surface area contributed by atoms with Crippen LogP contribution in [-0.4, -0.2) is 59.1 Å². The summed E-state index contributed by atoms with van der Waals surface area (Å²) < 4.78 is 80.8. The molecule has 1 saturated heterocycles. The van der Waals surface area contributed by atoms with E-state index in [0.717, 1.165) is 42.0 Å². The highest BCUT2D eigenvalue weighted by molar-refractivity contribution is 6.00. The first-order valence-corrected chi connectivity index (χ1v) is 9.80. The summed E-state index contributed by atoms with van der Waals surface area (Å²) in [6.07, 6.45) is -3.27. The Morgan fingerprint density at radius 2 is 2.00 bits per heavy atom. The molecule has 34 heavy (non-hydrogen) atoms. The van der Waals surface area contributed by atoms with Crippen LogP contribution in [0, 0.1) is 11.6 Å². The van der Waals surface area contributed by atoms with Crippen molar-refractivity contribution in [1.29, 1.82) is 0 Å². The van der Waals surface area contributed by atoms with E-state index in [-0.39, 0.29) is 16.9 Å². The number of carbonyl (C=O) groups excluding carboxylic acids is 1. The van der Waals surface area contributed by atoms with Gasteiger partial charge in [-0.05, 0) is 18.2 Å². The molecule has 1 aliphatic heterocycles. The van der Waals surface area contributed by atoms with Crippen LogP contribution in [0.4, 0.5) is 33.3 Å². The van der Waals surface area contributed by atoms with Gasteiger partial charge in [0.15, 0.2) is 17.2 Å². The van der Waals surface area contributed by atoms with Crippen LogP contribution in [0.3, 0.4) is 0 Å². The second kappa shape index (κ2) is 8.27. The van der Waals surface area contributed by atoms with Crippen LogP contribution in [0.1, 0.15) is 6.42 Å². The number of aromatic amines is 1. The zero-order chi connectivity index (χ0) is 24.8. The quantitative estimate of drug-likeness (QED) is 0.537. The van der Waals surface area contributed by atoms with Gasteiger partial charge in [-0.25, -0.2) is 9.18 Å². The van der Waals surface area contributed by atoms with Crippen molar-refractivity contribution in [3.8, 4) is 5.75 Å². The Kier molecular flexibility index (Phi) is 5.71. The predicted molar refractivity (Wildman–Crippen MR) is 109 cm³/mol. The van der Waals surface area contributed by atoms with Crippen LogP contribution < -0.4 is 20.6 Å². The fourth-order valence-electron chi connectivity index (χ4n) is 4.02. The van der Waals surface area contributed by atoms with E-state index in [0.29, 0.717) is 0 Å². The van der Waals surface area contributed by atoms with Crippen LogP contribution in [-0.2, 0) is 9.53 Å². The van der Waals surface area contributed by atoms with Crippen molar-refractivity contribution in [2.45, 2.75) is 24.2 Å². The molecule has 2 aromatic heterocycles. The number of hydrogen-bond acceptors (Lipinski definition) is 6. The molecule has 0 spiro atoms. The average Bonchev–Trinajstić information content (AvgIpc) is 3.39. The lowest BCUT2D eigenvalue weighted by atomic mass is 9.99. The summed E-state index contributed by atoms with van der Waals surface area (Å²) in [4.78, 5) is 28.4. The lowest BCUT2D eigenvalue weighted by Gasteiger charge is -2.31. The van der Waals surface area contributed by atoms with Crippen molar-refractivity contribution in [1.82, 2.24) is 14.6 Å². The summed E-state index contributed by atoms with van der Waals surface area (Å²) >= 11 is 0. The Morgan fingerprint density at radius 3 is 2.65 bits per heavy atom. The maximum absolute atomic E-state index is 14.3. The van der Waals surface area contributed by atoms with Gasteiger partial charge in [0.1, 0.15) is 6.04 Å². The smallest absolute Gasteiger partial charge is 0.419 e. The summed E-state index contributed by atoms with van der Waals surface area (Å²) in [6.45, 7) is -0.888. The number of alkyl halides is 3. The first-order chi connectivity index (χ1) is 16.0. The first kappa shape index (κ1) is 23.5. The lowest BCUT2D eigenvalue weighted by Crippen LogP contribution is -2.49. The van der Waals surface area contributed by atoms with E-state index in [4.69, 9.17) is 9.47 Å². The third-order valence-corrected chi connectivity index (χ3v) is 5.78. The molecule has 9 nitrogen and oxygen atoms in total. The number of rotatable bonds is 5. The Hall–Kier alpha value is -3.68. The molecule has 14 heteroatoms. The minimum Gasteiger partial charge on any atom is -0.491 e. The summed E-state index contributed by atoms with van der Waals surface area (Å²) in [5.74, 6) is -4.26. The van der Waals surface area contributed by atoms with Crippen molar-refractivity contribution in [3.63, 3.8) is 0 Å². The van der Waals surface area contributed by atoms with Gasteiger partial charge in [-0.3, -0.25) is 4.79 Å². The van der Waals surface area contributed by atoms with Crippen molar-refractivity contribution < 1.29 is 36.2 Å². The maximum Gasteiger partial charge on any atom is 0.419 e. The molecule has 0 bridgehead atoms. The highest BCUT2D eigenvalue weighted by atomic mass is 19.4. The number of ether oxygens (including phenoxy) is 2. The Morgan fingerprint density at radius 1 is 1.26 bits per heavy atom. The predicted octanol–water partition coefficient (Wildman–Crippen LogP) is 2.47. The van der Waals surface area contributed by atoms with Gasteiger partial charge in [-0.1, -0.05) is 0 Å². The van der Waals surface area contributed by atoms with Crippen molar-refractivity contribution >= 4 is 22.8 Å². The number of nitrogens with zero attached hydrogens (tertiary/aromatic N) is 3. The summed E-state index contributed by atoms with van der Waals surface area (Å²) in [5.41, 5.74) is -3.37. The van der Waals surface area contributed by atoms with E-state index in [2.05, 4.69) is 15.4 Å². The molecule has 1 amide bonds. The number of nitrogens with one attached hydrogen (secondary N) is 2. The Bertz CT molecular complexity index is 1310. The van der Waals surface area contributed by atoms with E-state index in [9.17, 15) is 31.5 Å². The van der Waals surface area contributed by atoms with E-state index in [1.54, 1.807) is 0 Å². The zero-order valence-electron chi connectivity index (χ0n) is 17.7. The summed E-state index contributed by atoms with van der Waals surface area (Å²) in [7, 11) is 1.88. The summed E-state index contributed by atoms with van der Waals surface area (Å²) in [5, 5.41) is 6.30. The van der Waals surface area contributed by atoms with Crippen molar-refractivity contribution in [3.05, 3.63) is 52.7 Å². The molecule has 4 rings (SSSR count). The SMILES string of the molecule is COc1c(N2CC(OC)(C(F)(F)F)CC2C(=O)Nc2cnn3c(=O)[nH]ccc23)ccc(F)c1F. The number of benzene rings is 1. The van der Waals surface area contributed by atoms with Gasteiger partial charge in [-0.2, -0.15) is 27.2 Å². The monoisotopic (exact) mass is 487 g/mol. The standard InChI is InChI=1S/C20H18F5N5O4/c1-33-16-13(4-3-10(21)15(16)22)29-9-19(34-2,20(23,24)25)7-14(29)17(31)28-11-8-27-30-12(11)5-6-26-18(30)32/h3-6,8,14H,7,9H2,1-2H3,(H,26,32)(H,28,31). The lowest BCUT2D eigenvalue weighted by molar-refractivity contribution is -0.261. The molecule has 2 N–H and O–H groups in total. The number of anilines is 2. The van der Waals surface area contributed by atoms with Crippen LogP contribution in [0.25, 0.3) is 5.52 Å². The number of H-pyrrole nitrogens is 1. The Balaban J connectivity index is 1.77. The molecule has 182 valence electrons. The molecule has 3 heterocycles. The molecule has 1 aliphatic rings. The fourth-order valence-corrected chi connectivity index (χ4v) is 4.02. The molecule has 2 unspecified atom stereocenters. The number of methoxy groups -OCH3 is 2. The molecule has 3 aromatic rings. The van der Waals surface area contributed by atoms with Crippen LogP contribution in [0.2, 0.25) is 0 Å². The molecular formula is C20H18F5N5O4. The van der Waals surface area contributed by atoms with Gasteiger partial charge in [0.2, 0.25) is 11.7 Å². The highest BCUT2D eigenvalue weighted by Gasteiger charge is 2.63. The minimum absolute atomic E-state index is 0.0650. The number of hydrogen-bond donors (Lipinski definition) is 2. The molecule has 0 saturated carbocycles. The second-order valence-electron chi connectivity index (χ2n) is 7.59. The number of carbonyl (C=O) groups is 1. The van der Waals surface area contributed by atoms with E-state index in [1.807, 2.05) is 0 Å². The first-order valence-electron chi connectivity index (χ1n) is 9.80. The van der Waals surface area contributed by atoms with Gasteiger partial charge >= 0.3 is 11.9 Å². The largest absolute Gasteiger partial charge is 0.491 e. The second-order valence-corrected chi connectivity index (χ2v) is 7.59. The van der Waals surface area contributed by atoms with Crippen molar-refractivity contribution in [2.24, 2.45) is 0 Å². The molecule has 1 fully saturated rings. The topological polar surface area (TPSA) is 101 Å². The molecule has 0 radical (unpaired) electrons. The van der Waals surface area contributed by atoms with Crippen molar-refractivity contribution in [2.75, 3.05) is 31.0 Å². The molecule has 0 aliphatic carbocycles. The van der Waals surface area contributed by atoms with Crippen LogP contribution in [0.15, 0.2) is 35.4 Å². The number of fused-ring (bicyclic) bond motifs is 1. The van der Waals surface area contributed by atoms with E-state index < -0.39 is 59.8 Å². The fraction of sp³-hybridized carbons (Fsp3) is 0.350. The third kappa shape index (κ3) is 3.63. The normalized spacial score (nSPS) is 20.7. The van der Waals surface area contributed by atoms with E-state index in [1.165, 1.54) is 12.3 Å². The molecule has 1 aromatic carbocycles. The number of amides is 1. The summed E-state index contributed by atoms with van der Waals surface area (Å²) in [6, 6.07) is 1.65. The molecule has 2 atom stereocenters. The highest BCUT2D eigenvalue weighted by Crippen LogP contribution is 2.47. The van der Waals surface area contributed by atoms with Gasteiger partial charge in [0.05, 0.1) is 36.7 Å². The van der Waals surface area contributed by atoms with E-state index >= 15 is 0 Å².